The molecule has 1 heterocycles. The molecule has 1 aliphatic rings. The number of carboxylic acids is 1. The molecular formula is C12H13O4-. The lowest BCUT2D eigenvalue weighted by Crippen LogP contribution is -2.22. The molecule has 0 aliphatic carbocycles. The summed E-state index contributed by atoms with van der Waals surface area (Å²) in [5, 5.41) is 10.5. The van der Waals surface area contributed by atoms with Crippen molar-refractivity contribution in [1.29, 1.82) is 0 Å². The molecule has 4 nitrogen and oxygen atoms in total. The van der Waals surface area contributed by atoms with Gasteiger partial charge in [0.25, 0.3) is 0 Å². The van der Waals surface area contributed by atoms with Gasteiger partial charge in [-0.25, -0.2) is 0 Å². The lowest BCUT2D eigenvalue weighted by atomic mass is 10.2. The molecule has 0 bridgehead atoms. The Morgan fingerprint density at radius 2 is 2.19 bits per heavy atom. The van der Waals surface area contributed by atoms with Crippen LogP contribution in [-0.2, 0) is 4.74 Å². The van der Waals surface area contributed by atoms with Crippen molar-refractivity contribution in [3.05, 3.63) is 29.8 Å². The average molecular weight is 221 g/mol. The summed E-state index contributed by atoms with van der Waals surface area (Å²) in [6.07, 6.45) is 2.27. The first kappa shape index (κ1) is 11.0. The molecule has 0 radical (unpaired) electrons. The molecule has 86 valence electrons. The van der Waals surface area contributed by atoms with Gasteiger partial charge in [0.2, 0.25) is 0 Å². The molecule has 0 amide bonds. The Bertz CT molecular complexity index is 352. The van der Waals surface area contributed by atoms with Crippen molar-refractivity contribution in [2.75, 3.05) is 13.2 Å². The molecule has 16 heavy (non-hydrogen) atoms. The molecule has 1 aromatic rings. The highest BCUT2D eigenvalue weighted by atomic mass is 16.5. The van der Waals surface area contributed by atoms with Crippen molar-refractivity contribution in [3.63, 3.8) is 0 Å². The van der Waals surface area contributed by atoms with E-state index in [4.69, 9.17) is 9.47 Å². The fourth-order valence-electron chi connectivity index (χ4n) is 1.65. The van der Waals surface area contributed by atoms with Crippen LogP contribution >= 0.6 is 0 Å². The summed E-state index contributed by atoms with van der Waals surface area (Å²) in [5.74, 6) is -0.522. The average Bonchev–Trinajstić information content (AvgIpc) is 2.80. The Hall–Kier alpha value is -1.55. The Morgan fingerprint density at radius 3 is 2.75 bits per heavy atom. The zero-order chi connectivity index (χ0) is 11.4. The van der Waals surface area contributed by atoms with Crippen molar-refractivity contribution in [2.24, 2.45) is 0 Å². The molecular weight excluding hydrogens is 208 g/mol. The van der Waals surface area contributed by atoms with E-state index in [-0.39, 0.29) is 11.7 Å². The number of hydrogen-bond acceptors (Lipinski definition) is 4. The highest BCUT2D eigenvalue weighted by Crippen LogP contribution is 2.16. The third-order valence-corrected chi connectivity index (χ3v) is 2.55. The molecule has 0 spiro atoms. The van der Waals surface area contributed by atoms with Crippen LogP contribution in [0.3, 0.4) is 0 Å². The van der Waals surface area contributed by atoms with E-state index in [1.807, 2.05) is 0 Å². The molecule has 1 atom stereocenters. The molecule has 4 heteroatoms. The minimum atomic E-state index is -1.18. The zero-order valence-corrected chi connectivity index (χ0v) is 8.85. The third-order valence-electron chi connectivity index (χ3n) is 2.55. The van der Waals surface area contributed by atoms with E-state index in [0.29, 0.717) is 12.4 Å². The second-order valence-corrected chi connectivity index (χ2v) is 3.76. The van der Waals surface area contributed by atoms with Crippen LogP contribution < -0.4 is 9.84 Å². The lowest BCUT2D eigenvalue weighted by Gasteiger charge is -2.11. The van der Waals surface area contributed by atoms with Crippen LogP contribution in [0.1, 0.15) is 23.2 Å². The maximum Gasteiger partial charge on any atom is 0.119 e. The number of ether oxygens (including phenoxy) is 2. The first-order chi connectivity index (χ1) is 7.75. The predicted molar refractivity (Wildman–Crippen MR) is 55.2 cm³/mol. The van der Waals surface area contributed by atoms with Crippen LogP contribution in [0, 0.1) is 0 Å². The van der Waals surface area contributed by atoms with Crippen LogP contribution in [0.2, 0.25) is 0 Å². The van der Waals surface area contributed by atoms with Gasteiger partial charge in [0.05, 0.1) is 12.1 Å². The molecule has 0 N–H and O–H groups in total. The van der Waals surface area contributed by atoms with Crippen molar-refractivity contribution in [2.45, 2.75) is 18.9 Å². The van der Waals surface area contributed by atoms with Crippen LogP contribution in [-0.4, -0.2) is 25.3 Å². The standard InChI is InChI=1S/C12H14O4/c13-12(14)9-3-5-10(6-4-9)16-8-11-2-1-7-15-11/h3-6,11H,1-2,7-8H2,(H,13,14)/p-1/t11-/m0/s1. The molecule has 1 saturated heterocycles. The van der Waals surface area contributed by atoms with E-state index >= 15 is 0 Å². The predicted octanol–water partition coefficient (Wildman–Crippen LogP) is 0.608. The number of benzene rings is 1. The van der Waals surface area contributed by atoms with E-state index in [1.165, 1.54) is 12.1 Å². The van der Waals surface area contributed by atoms with Gasteiger partial charge in [-0.1, -0.05) is 0 Å². The highest BCUT2D eigenvalue weighted by Gasteiger charge is 2.15. The second kappa shape index (κ2) is 4.99. The number of aromatic carboxylic acids is 1. The van der Waals surface area contributed by atoms with Gasteiger partial charge in [0, 0.05) is 6.61 Å². The van der Waals surface area contributed by atoms with Crippen molar-refractivity contribution < 1.29 is 19.4 Å². The van der Waals surface area contributed by atoms with Crippen LogP contribution in [0.15, 0.2) is 24.3 Å². The van der Waals surface area contributed by atoms with Gasteiger partial charge < -0.3 is 19.4 Å². The van der Waals surface area contributed by atoms with Gasteiger partial charge in [-0.15, -0.1) is 0 Å². The Balaban J connectivity index is 1.87. The highest BCUT2D eigenvalue weighted by molar-refractivity contribution is 5.85. The number of carbonyl (C=O) groups is 1. The SMILES string of the molecule is O=C([O-])c1ccc(OC[C@@H]2CCCO2)cc1. The maximum absolute atomic E-state index is 10.5. The van der Waals surface area contributed by atoms with Crippen molar-refractivity contribution in [3.8, 4) is 5.75 Å². The van der Waals surface area contributed by atoms with Crippen molar-refractivity contribution in [1.82, 2.24) is 0 Å². The summed E-state index contributed by atoms with van der Waals surface area (Å²) in [5.41, 5.74) is 0.157. The van der Waals surface area contributed by atoms with Crippen molar-refractivity contribution >= 4 is 5.97 Å². The summed E-state index contributed by atoms with van der Waals surface area (Å²) in [6.45, 7) is 1.32. The molecule has 1 aliphatic heterocycles. The number of hydrogen-bond donors (Lipinski definition) is 0. The quantitative estimate of drug-likeness (QED) is 0.747. The van der Waals surface area contributed by atoms with E-state index in [0.717, 1.165) is 19.4 Å². The first-order valence-corrected chi connectivity index (χ1v) is 5.31. The van der Waals surface area contributed by atoms with E-state index in [1.54, 1.807) is 12.1 Å². The maximum atomic E-state index is 10.5. The molecule has 1 aromatic carbocycles. The number of carbonyl (C=O) groups excluding carboxylic acids is 1. The minimum absolute atomic E-state index is 0.157. The van der Waals surface area contributed by atoms with E-state index < -0.39 is 5.97 Å². The van der Waals surface area contributed by atoms with Gasteiger partial charge in [-0.05, 0) is 42.7 Å². The van der Waals surface area contributed by atoms with Gasteiger partial charge in [-0.3, -0.25) is 0 Å². The fourth-order valence-corrected chi connectivity index (χ4v) is 1.65. The largest absolute Gasteiger partial charge is 0.545 e. The Kier molecular flexibility index (Phi) is 3.41. The molecule has 2 rings (SSSR count). The number of carboxylic acid groups (broad SMARTS) is 1. The van der Waals surface area contributed by atoms with Crippen LogP contribution in [0.25, 0.3) is 0 Å². The fraction of sp³-hybridized carbons (Fsp3) is 0.417. The van der Waals surface area contributed by atoms with E-state index in [9.17, 15) is 9.90 Å². The third kappa shape index (κ3) is 2.73. The summed E-state index contributed by atoms with van der Waals surface area (Å²) >= 11 is 0. The second-order valence-electron chi connectivity index (χ2n) is 3.76. The Labute approximate surface area is 93.8 Å². The number of rotatable bonds is 4. The normalized spacial score (nSPS) is 19.6. The molecule has 0 aromatic heterocycles. The molecule has 0 unspecified atom stereocenters. The summed E-state index contributed by atoms with van der Waals surface area (Å²) in [7, 11) is 0. The van der Waals surface area contributed by atoms with Gasteiger partial charge in [0.1, 0.15) is 12.4 Å². The molecule has 1 fully saturated rings. The lowest BCUT2D eigenvalue weighted by molar-refractivity contribution is -0.255. The van der Waals surface area contributed by atoms with Crippen LogP contribution in [0.4, 0.5) is 0 Å². The van der Waals surface area contributed by atoms with Crippen LogP contribution in [0.5, 0.6) is 5.75 Å². The first-order valence-electron chi connectivity index (χ1n) is 5.31. The smallest absolute Gasteiger partial charge is 0.119 e. The van der Waals surface area contributed by atoms with E-state index in [2.05, 4.69) is 0 Å². The minimum Gasteiger partial charge on any atom is -0.545 e. The summed E-state index contributed by atoms with van der Waals surface area (Å²) in [6, 6.07) is 6.19. The van der Waals surface area contributed by atoms with Gasteiger partial charge in [0.15, 0.2) is 0 Å². The summed E-state index contributed by atoms with van der Waals surface area (Å²) < 4.78 is 10.9. The van der Waals surface area contributed by atoms with Gasteiger partial charge >= 0.3 is 0 Å². The molecule has 0 saturated carbocycles. The van der Waals surface area contributed by atoms with Gasteiger partial charge in [-0.2, -0.15) is 0 Å². The monoisotopic (exact) mass is 221 g/mol. The zero-order valence-electron chi connectivity index (χ0n) is 8.85. The Morgan fingerprint density at radius 1 is 1.44 bits per heavy atom. The topological polar surface area (TPSA) is 58.6 Å². The summed E-state index contributed by atoms with van der Waals surface area (Å²) in [4.78, 5) is 10.5.